The maximum absolute atomic E-state index is 12.1. The third-order valence-electron chi connectivity index (χ3n) is 3.40. The van der Waals surface area contributed by atoms with Crippen LogP contribution in [0, 0.1) is 0 Å². The van der Waals surface area contributed by atoms with Crippen molar-refractivity contribution in [3.05, 3.63) is 35.9 Å². The van der Waals surface area contributed by atoms with Gasteiger partial charge in [0.25, 0.3) is 0 Å². The maximum Gasteiger partial charge on any atom is 0.325 e. The normalized spacial score (nSPS) is 26.8. The highest BCUT2D eigenvalue weighted by atomic mass is 32.8. The van der Waals surface area contributed by atoms with E-state index in [9.17, 15) is 18.9 Å². The Morgan fingerprint density at radius 3 is 2.33 bits per heavy atom. The molecule has 114 valence electrons. The van der Waals surface area contributed by atoms with E-state index < -0.39 is 32.5 Å². The van der Waals surface area contributed by atoms with E-state index in [4.69, 9.17) is 15.9 Å². The Labute approximate surface area is 128 Å². The molecule has 0 saturated carbocycles. The molecule has 21 heavy (non-hydrogen) atoms. The van der Waals surface area contributed by atoms with Gasteiger partial charge in [0.05, 0.1) is 0 Å². The SMILES string of the molecule is O=C(O)C(C(=O)OC1CCS(=O)(=S)CC1)c1ccccc1. The van der Waals surface area contributed by atoms with E-state index in [0.717, 1.165) is 0 Å². The number of carbonyl (C=O) groups is 2. The van der Waals surface area contributed by atoms with E-state index in [1.54, 1.807) is 30.3 Å². The second-order valence-corrected chi connectivity index (χ2v) is 9.10. The van der Waals surface area contributed by atoms with E-state index in [1.165, 1.54) is 0 Å². The lowest BCUT2D eigenvalue weighted by molar-refractivity contribution is -0.158. The quantitative estimate of drug-likeness (QED) is 0.663. The third kappa shape index (κ3) is 4.25. The summed E-state index contributed by atoms with van der Waals surface area (Å²) >= 11 is 4.92. The Balaban J connectivity index is 2.05. The summed E-state index contributed by atoms with van der Waals surface area (Å²) in [5, 5.41) is 9.25. The molecule has 5 nitrogen and oxygen atoms in total. The molecule has 7 heteroatoms. The van der Waals surface area contributed by atoms with E-state index >= 15 is 0 Å². The summed E-state index contributed by atoms with van der Waals surface area (Å²) < 4.78 is 17.0. The number of carboxylic acid groups (broad SMARTS) is 1. The van der Waals surface area contributed by atoms with Gasteiger partial charge in [0.1, 0.15) is 6.10 Å². The molecule has 1 aromatic rings. The summed E-state index contributed by atoms with van der Waals surface area (Å²) in [5.74, 6) is -2.68. The predicted octanol–water partition coefficient (Wildman–Crippen LogP) is 1.31. The molecule has 1 aliphatic rings. The molecule has 1 saturated heterocycles. The zero-order chi connectivity index (χ0) is 15.5. The first-order valence-corrected chi connectivity index (χ1v) is 9.40. The molecule has 1 aliphatic heterocycles. The monoisotopic (exact) mass is 328 g/mol. The number of hydrogen-bond donors (Lipinski definition) is 1. The summed E-state index contributed by atoms with van der Waals surface area (Å²) in [7, 11) is -2.21. The molecule has 1 heterocycles. The summed E-state index contributed by atoms with van der Waals surface area (Å²) in [6.45, 7) is 0. The fourth-order valence-electron chi connectivity index (χ4n) is 2.24. The minimum atomic E-state index is -2.21. The first kappa shape index (κ1) is 15.9. The Morgan fingerprint density at radius 2 is 1.81 bits per heavy atom. The van der Waals surface area contributed by atoms with Crippen LogP contribution in [0.15, 0.2) is 30.3 Å². The van der Waals surface area contributed by atoms with Gasteiger partial charge in [0.2, 0.25) is 0 Å². The van der Waals surface area contributed by atoms with Gasteiger partial charge in [-0.05, 0) is 29.6 Å². The highest BCUT2D eigenvalue weighted by Crippen LogP contribution is 2.22. The van der Waals surface area contributed by atoms with Crippen molar-refractivity contribution in [2.45, 2.75) is 24.9 Å². The molecule has 1 unspecified atom stereocenters. The molecular weight excluding hydrogens is 312 g/mol. The van der Waals surface area contributed by atoms with Gasteiger partial charge in [-0.2, -0.15) is 0 Å². The average molecular weight is 328 g/mol. The average Bonchev–Trinajstić information content (AvgIpc) is 2.42. The van der Waals surface area contributed by atoms with Crippen molar-refractivity contribution in [1.29, 1.82) is 0 Å². The van der Waals surface area contributed by atoms with Crippen molar-refractivity contribution >= 4 is 31.6 Å². The molecule has 0 radical (unpaired) electrons. The molecule has 1 fully saturated rings. The van der Waals surface area contributed by atoms with Gasteiger partial charge in [-0.15, -0.1) is 0 Å². The molecule has 0 bridgehead atoms. The van der Waals surface area contributed by atoms with Gasteiger partial charge in [-0.25, -0.2) is 0 Å². The summed E-state index contributed by atoms with van der Waals surface area (Å²) in [5.41, 5.74) is 0.387. The molecule has 2 rings (SSSR count). The predicted molar refractivity (Wildman–Crippen MR) is 81.2 cm³/mol. The van der Waals surface area contributed by atoms with E-state index in [2.05, 4.69) is 0 Å². The van der Waals surface area contributed by atoms with Crippen LogP contribution in [0.2, 0.25) is 0 Å². The lowest BCUT2D eigenvalue weighted by Gasteiger charge is -2.25. The number of esters is 1. The maximum atomic E-state index is 12.1. The Morgan fingerprint density at radius 1 is 1.24 bits per heavy atom. The van der Waals surface area contributed by atoms with E-state index in [0.29, 0.717) is 29.9 Å². The van der Waals surface area contributed by atoms with Crippen molar-refractivity contribution in [2.75, 3.05) is 11.5 Å². The van der Waals surface area contributed by atoms with Gasteiger partial charge in [0, 0.05) is 20.0 Å². The fourth-order valence-corrected chi connectivity index (χ4v) is 4.27. The van der Waals surface area contributed by atoms with Crippen molar-refractivity contribution in [3.8, 4) is 0 Å². The largest absolute Gasteiger partial charge is 0.480 e. The van der Waals surface area contributed by atoms with Crippen LogP contribution in [-0.4, -0.2) is 38.9 Å². The minimum Gasteiger partial charge on any atom is -0.480 e. The number of rotatable bonds is 4. The van der Waals surface area contributed by atoms with Crippen molar-refractivity contribution in [2.24, 2.45) is 0 Å². The van der Waals surface area contributed by atoms with Gasteiger partial charge in [0.15, 0.2) is 5.92 Å². The van der Waals surface area contributed by atoms with Crippen LogP contribution in [-0.2, 0) is 34.0 Å². The number of aliphatic carboxylic acids is 1. The summed E-state index contributed by atoms with van der Waals surface area (Å²) in [6, 6.07) is 8.25. The van der Waals surface area contributed by atoms with Crippen LogP contribution < -0.4 is 0 Å². The first-order chi connectivity index (χ1) is 9.89. The van der Waals surface area contributed by atoms with Crippen LogP contribution in [0.5, 0.6) is 0 Å². The topological polar surface area (TPSA) is 80.7 Å². The van der Waals surface area contributed by atoms with Crippen LogP contribution in [0.1, 0.15) is 24.3 Å². The lowest BCUT2D eigenvalue weighted by Crippen LogP contribution is -2.33. The Kier molecular flexibility index (Phi) is 4.95. The fraction of sp³-hybridized carbons (Fsp3) is 0.429. The second kappa shape index (κ2) is 6.53. The number of ether oxygens (including phenoxy) is 1. The zero-order valence-electron chi connectivity index (χ0n) is 11.3. The van der Waals surface area contributed by atoms with Gasteiger partial charge >= 0.3 is 11.9 Å². The first-order valence-electron chi connectivity index (χ1n) is 6.58. The zero-order valence-corrected chi connectivity index (χ0v) is 12.9. The second-order valence-electron chi connectivity index (χ2n) is 4.97. The van der Waals surface area contributed by atoms with Gasteiger partial charge < -0.3 is 9.84 Å². The Bertz CT molecular complexity index is 610. The smallest absolute Gasteiger partial charge is 0.325 e. The van der Waals surface area contributed by atoms with Crippen molar-refractivity contribution in [3.63, 3.8) is 0 Å². The van der Waals surface area contributed by atoms with E-state index in [1.807, 2.05) is 0 Å². The highest BCUT2D eigenvalue weighted by molar-refractivity contribution is 8.32. The van der Waals surface area contributed by atoms with Crippen LogP contribution in [0.25, 0.3) is 0 Å². The van der Waals surface area contributed by atoms with Gasteiger partial charge in [-0.1, -0.05) is 30.3 Å². The van der Waals surface area contributed by atoms with Crippen LogP contribution in [0.4, 0.5) is 0 Å². The molecule has 0 aliphatic carbocycles. The van der Waals surface area contributed by atoms with Crippen molar-refractivity contribution in [1.82, 2.24) is 0 Å². The lowest BCUT2D eigenvalue weighted by atomic mass is 9.99. The number of hydrogen-bond acceptors (Lipinski definition) is 5. The van der Waals surface area contributed by atoms with Crippen molar-refractivity contribution < 1.29 is 23.6 Å². The molecule has 1 atom stereocenters. The molecule has 1 aromatic carbocycles. The van der Waals surface area contributed by atoms with Crippen LogP contribution >= 0.6 is 0 Å². The number of carboxylic acids is 1. The Hall–Kier alpha value is -1.47. The molecular formula is C14H16O5S2. The van der Waals surface area contributed by atoms with Crippen LogP contribution in [0.3, 0.4) is 0 Å². The van der Waals surface area contributed by atoms with Gasteiger partial charge in [-0.3, -0.25) is 13.8 Å². The highest BCUT2D eigenvalue weighted by Gasteiger charge is 2.33. The molecule has 0 aromatic heterocycles. The summed E-state index contributed by atoms with van der Waals surface area (Å²) in [6.07, 6.45) is 0.449. The summed E-state index contributed by atoms with van der Waals surface area (Å²) in [4.78, 5) is 23.4. The number of benzene rings is 1. The molecule has 0 spiro atoms. The molecule has 0 amide bonds. The molecule has 1 N–H and O–H groups in total. The van der Waals surface area contributed by atoms with E-state index in [-0.39, 0.29) is 0 Å². The number of carbonyl (C=O) groups excluding carboxylic acids is 1. The standard InChI is InChI=1S/C14H16O5S2/c15-13(16)12(10-4-2-1-3-5-10)14(17)19-11-6-8-21(18,20)9-7-11/h1-5,11-12H,6-9H2,(H,15,16). The minimum absolute atomic E-state index is 0.337. The third-order valence-corrected chi connectivity index (χ3v) is 6.12.